The van der Waals surface area contributed by atoms with E-state index in [0.717, 1.165) is 11.9 Å². The second-order valence-corrected chi connectivity index (χ2v) is 10.3. The molecule has 4 aromatic rings. The van der Waals surface area contributed by atoms with E-state index in [-0.39, 0.29) is 28.6 Å². The topological polar surface area (TPSA) is 147 Å². The fourth-order valence-electron chi connectivity index (χ4n) is 3.31. The summed E-state index contributed by atoms with van der Waals surface area (Å²) >= 11 is 0. The number of carbonyl (C=O) groups is 1. The number of anilines is 1. The first-order valence-electron chi connectivity index (χ1n) is 11.5. The van der Waals surface area contributed by atoms with Crippen molar-refractivity contribution in [3.8, 4) is 17.5 Å². The maximum atomic E-state index is 13.0. The van der Waals surface area contributed by atoms with Crippen LogP contribution >= 0.6 is 0 Å². The van der Waals surface area contributed by atoms with Crippen molar-refractivity contribution < 1.29 is 27.4 Å². The smallest absolute Gasteiger partial charge is 0.294 e. The molecule has 0 spiro atoms. The van der Waals surface area contributed by atoms with Crippen molar-refractivity contribution >= 4 is 21.6 Å². The standard InChI is InChI=1S/C25H26N6O6S/c1-17(16-35-2)36-22-14-23(37-19-7-9-20(10-8-19)38(3,33)34)29-24(28-22)25(32)27-21-11-13-31(30-21)15-18-6-4-5-12-26-18/h4-14,17H,15-16H2,1-3H3,(H,27,30,32). The van der Waals surface area contributed by atoms with Gasteiger partial charge in [0.15, 0.2) is 15.7 Å². The normalized spacial score (nSPS) is 12.1. The molecule has 3 heterocycles. The van der Waals surface area contributed by atoms with Crippen LogP contribution in [0.4, 0.5) is 5.82 Å². The highest BCUT2D eigenvalue weighted by Gasteiger charge is 2.18. The van der Waals surface area contributed by atoms with Gasteiger partial charge in [-0.05, 0) is 43.3 Å². The number of nitrogens with zero attached hydrogens (tertiary/aromatic N) is 5. The van der Waals surface area contributed by atoms with Crippen LogP contribution in [0, 0.1) is 0 Å². The first kappa shape index (κ1) is 26.7. The van der Waals surface area contributed by atoms with Gasteiger partial charge >= 0.3 is 0 Å². The fraction of sp³-hybridized carbons (Fsp3) is 0.240. The van der Waals surface area contributed by atoms with Crippen molar-refractivity contribution in [1.82, 2.24) is 24.7 Å². The molecule has 1 aromatic carbocycles. The van der Waals surface area contributed by atoms with Crippen molar-refractivity contribution in [2.45, 2.75) is 24.5 Å². The highest BCUT2D eigenvalue weighted by molar-refractivity contribution is 7.90. The molecule has 4 rings (SSSR count). The summed E-state index contributed by atoms with van der Waals surface area (Å²) in [5.74, 6) is -0.112. The average Bonchev–Trinajstić information content (AvgIpc) is 3.31. The highest BCUT2D eigenvalue weighted by atomic mass is 32.2. The van der Waals surface area contributed by atoms with E-state index in [1.807, 2.05) is 18.2 Å². The fourth-order valence-corrected chi connectivity index (χ4v) is 3.95. The molecule has 0 fully saturated rings. The molecule has 0 bridgehead atoms. The predicted octanol–water partition coefficient (Wildman–Crippen LogP) is 2.98. The maximum absolute atomic E-state index is 13.0. The highest BCUT2D eigenvalue weighted by Crippen LogP contribution is 2.25. The number of hydrogen-bond donors (Lipinski definition) is 1. The molecule has 1 unspecified atom stereocenters. The van der Waals surface area contributed by atoms with E-state index in [0.29, 0.717) is 24.7 Å². The molecule has 38 heavy (non-hydrogen) atoms. The molecule has 1 amide bonds. The van der Waals surface area contributed by atoms with Gasteiger partial charge in [0.05, 0.1) is 29.8 Å². The number of ether oxygens (including phenoxy) is 3. The number of hydrogen-bond acceptors (Lipinski definition) is 10. The van der Waals surface area contributed by atoms with Crippen LogP contribution in [-0.4, -0.2) is 65.1 Å². The maximum Gasteiger partial charge on any atom is 0.294 e. The minimum atomic E-state index is -3.36. The molecule has 0 aliphatic carbocycles. The number of methoxy groups -OCH3 is 1. The van der Waals surface area contributed by atoms with E-state index >= 15 is 0 Å². The van der Waals surface area contributed by atoms with Gasteiger partial charge in [-0.3, -0.25) is 14.5 Å². The van der Waals surface area contributed by atoms with Gasteiger partial charge in [-0.25, -0.2) is 8.42 Å². The molecule has 0 aliphatic heterocycles. The summed E-state index contributed by atoms with van der Waals surface area (Å²) in [6.07, 6.45) is 4.16. The van der Waals surface area contributed by atoms with E-state index in [9.17, 15) is 13.2 Å². The molecule has 0 radical (unpaired) electrons. The van der Waals surface area contributed by atoms with Crippen LogP contribution < -0.4 is 14.8 Å². The Morgan fingerprint density at radius 3 is 2.53 bits per heavy atom. The number of pyridine rings is 1. The van der Waals surface area contributed by atoms with Crippen LogP contribution in [-0.2, 0) is 21.1 Å². The third-order valence-corrected chi connectivity index (χ3v) is 6.14. The van der Waals surface area contributed by atoms with Gasteiger partial charge in [-0.1, -0.05) is 6.07 Å². The SMILES string of the molecule is COCC(C)Oc1cc(Oc2ccc(S(C)(=O)=O)cc2)nc(C(=O)Nc2ccn(Cc3ccccn3)n2)n1. The summed E-state index contributed by atoms with van der Waals surface area (Å²) in [6, 6.07) is 14.5. The first-order valence-corrected chi connectivity index (χ1v) is 13.4. The van der Waals surface area contributed by atoms with Crippen LogP contribution in [0.3, 0.4) is 0 Å². The summed E-state index contributed by atoms with van der Waals surface area (Å²) in [5, 5.41) is 7.01. The summed E-state index contributed by atoms with van der Waals surface area (Å²) < 4.78 is 41.7. The number of benzene rings is 1. The number of sulfone groups is 1. The molecule has 3 aromatic heterocycles. The van der Waals surface area contributed by atoms with Gasteiger partial charge in [0.2, 0.25) is 17.6 Å². The third kappa shape index (κ3) is 7.33. The minimum Gasteiger partial charge on any atom is -0.472 e. The van der Waals surface area contributed by atoms with E-state index in [1.165, 1.54) is 30.3 Å². The van der Waals surface area contributed by atoms with Crippen molar-refractivity contribution in [2.24, 2.45) is 0 Å². The van der Waals surface area contributed by atoms with Gasteiger partial charge in [-0.15, -0.1) is 0 Å². The molecule has 0 saturated carbocycles. The zero-order chi connectivity index (χ0) is 27.1. The predicted molar refractivity (Wildman–Crippen MR) is 137 cm³/mol. The quantitative estimate of drug-likeness (QED) is 0.302. The third-order valence-electron chi connectivity index (χ3n) is 5.01. The summed E-state index contributed by atoms with van der Waals surface area (Å²) in [6.45, 7) is 2.51. The van der Waals surface area contributed by atoms with Gasteiger partial charge in [0, 0.05) is 31.8 Å². The summed E-state index contributed by atoms with van der Waals surface area (Å²) in [5.41, 5.74) is 0.818. The molecule has 1 N–H and O–H groups in total. The molecule has 1 atom stereocenters. The monoisotopic (exact) mass is 538 g/mol. The molecule has 12 nitrogen and oxygen atoms in total. The Bertz CT molecular complexity index is 1490. The van der Waals surface area contributed by atoms with Crippen molar-refractivity contribution in [2.75, 3.05) is 25.3 Å². The lowest BCUT2D eigenvalue weighted by Crippen LogP contribution is -2.21. The van der Waals surface area contributed by atoms with Crippen molar-refractivity contribution in [3.63, 3.8) is 0 Å². The van der Waals surface area contributed by atoms with Crippen LogP contribution in [0.25, 0.3) is 0 Å². The molecular formula is C25H26N6O6S. The molecule has 198 valence electrons. The van der Waals surface area contributed by atoms with E-state index in [2.05, 4.69) is 25.4 Å². The van der Waals surface area contributed by atoms with Crippen LogP contribution in [0.2, 0.25) is 0 Å². The second-order valence-electron chi connectivity index (χ2n) is 8.27. The Morgan fingerprint density at radius 2 is 1.84 bits per heavy atom. The lowest BCUT2D eigenvalue weighted by Gasteiger charge is -2.14. The van der Waals surface area contributed by atoms with Gasteiger partial charge in [0.1, 0.15) is 11.9 Å². The Morgan fingerprint density at radius 1 is 1.08 bits per heavy atom. The van der Waals surface area contributed by atoms with Crippen molar-refractivity contribution in [3.05, 3.63) is 78.5 Å². The van der Waals surface area contributed by atoms with E-state index in [1.54, 1.807) is 37.2 Å². The molecule has 13 heteroatoms. The number of rotatable bonds is 11. The second kappa shape index (κ2) is 11.8. The van der Waals surface area contributed by atoms with Gasteiger partial charge < -0.3 is 19.5 Å². The number of amides is 1. The molecular weight excluding hydrogens is 512 g/mol. The largest absolute Gasteiger partial charge is 0.472 e. The molecule has 0 saturated heterocycles. The zero-order valence-corrected chi connectivity index (χ0v) is 21.8. The number of aromatic nitrogens is 5. The van der Waals surface area contributed by atoms with Gasteiger partial charge in [0.25, 0.3) is 5.91 Å². The summed E-state index contributed by atoms with van der Waals surface area (Å²) in [4.78, 5) is 25.8. The van der Waals surface area contributed by atoms with Crippen molar-refractivity contribution in [1.29, 1.82) is 0 Å². The van der Waals surface area contributed by atoms with Crippen LogP contribution in [0.5, 0.6) is 17.5 Å². The first-order chi connectivity index (χ1) is 18.2. The lowest BCUT2D eigenvalue weighted by molar-refractivity contribution is 0.0877. The van der Waals surface area contributed by atoms with Crippen LogP contribution in [0.1, 0.15) is 23.2 Å². The van der Waals surface area contributed by atoms with Gasteiger partial charge in [-0.2, -0.15) is 15.1 Å². The summed E-state index contributed by atoms with van der Waals surface area (Å²) in [7, 11) is -1.82. The number of carbonyl (C=O) groups excluding carboxylic acids is 1. The zero-order valence-electron chi connectivity index (χ0n) is 20.9. The lowest BCUT2D eigenvalue weighted by atomic mass is 10.3. The Hall–Kier alpha value is -4.36. The molecule has 0 aliphatic rings. The average molecular weight is 539 g/mol. The van der Waals surface area contributed by atoms with E-state index < -0.39 is 15.7 Å². The van der Waals surface area contributed by atoms with E-state index in [4.69, 9.17) is 14.2 Å². The Balaban J connectivity index is 1.54. The Kier molecular flexibility index (Phi) is 8.28. The Labute approximate surface area is 219 Å². The minimum absolute atomic E-state index is 0.0255. The van der Waals surface area contributed by atoms with Crippen LogP contribution in [0.15, 0.2) is 71.9 Å². The number of nitrogens with one attached hydrogen (secondary N) is 1.